The van der Waals surface area contributed by atoms with Gasteiger partial charge in [-0.25, -0.2) is 0 Å². The average Bonchev–Trinajstić information content (AvgIpc) is 3.18. The van der Waals surface area contributed by atoms with E-state index in [1.54, 1.807) is 0 Å². The molecule has 0 aliphatic heterocycles. The van der Waals surface area contributed by atoms with Gasteiger partial charge in [0.1, 0.15) is 0 Å². The Morgan fingerprint density at radius 3 is 2.54 bits per heavy atom. The van der Waals surface area contributed by atoms with E-state index in [1.807, 2.05) is 12.1 Å². The minimum Gasteiger partial charge on any atom is -0.353 e. The van der Waals surface area contributed by atoms with Gasteiger partial charge >= 0.3 is 0 Å². The van der Waals surface area contributed by atoms with Crippen LogP contribution in [0.15, 0.2) is 72.9 Å². The number of hydrogen-bond acceptors (Lipinski definition) is 0. The standard InChI is InChI=1S/C21H15ClN2/c22-17-12-19-16(10-11-24(19)13-14-6-2-1-3-7-14)20-15-8-4-5-9-18(15)23-21(17)20/h1-12,23H,13H2. The molecule has 1 N–H and O–H groups in total. The summed E-state index contributed by atoms with van der Waals surface area (Å²) in [6, 6.07) is 23.1. The van der Waals surface area contributed by atoms with E-state index in [4.69, 9.17) is 11.6 Å². The van der Waals surface area contributed by atoms with Crippen LogP contribution in [0.2, 0.25) is 5.02 Å². The first kappa shape index (κ1) is 13.7. The molecule has 0 radical (unpaired) electrons. The second-order valence-corrected chi connectivity index (χ2v) is 6.55. The van der Waals surface area contributed by atoms with Crippen molar-refractivity contribution in [2.75, 3.05) is 0 Å². The lowest BCUT2D eigenvalue weighted by Gasteiger charge is -2.07. The Labute approximate surface area is 144 Å². The zero-order valence-electron chi connectivity index (χ0n) is 13.0. The minimum absolute atomic E-state index is 0.765. The number of rotatable bonds is 2. The van der Waals surface area contributed by atoms with Crippen molar-refractivity contribution in [2.24, 2.45) is 0 Å². The van der Waals surface area contributed by atoms with E-state index in [1.165, 1.54) is 27.2 Å². The highest BCUT2D eigenvalue weighted by Gasteiger charge is 2.14. The first-order chi connectivity index (χ1) is 11.8. The summed E-state index contributed by atoms with van der Waals surface area (Å²) < 4.78 is 2.26. The lowest BCUT2D eigenvalue weighted by molar-refractivity contribution is 0.837. The van der Waals surface area contributed by atoms with Gasteiger partial charge in [-0.15, -0.1) is 0 Å². The van der Waals surface area contributed by atoms with E-state index in [2.05, 4.69) is 70.3 Å². The first-order valence-corrected chi connectivity index (χ1v) is 8.41. The third kappa shape index (κ3) is 1.97. The second kappa shape index (κ2) is 5.15. The normalized spacial score (nSPS) is 11.7. The fraction of sp³-hybridized carbons (Fsp3) is 0.0476. The number of fused-ring (bicyclic) bond motifs is 5. The largest absolute Gasteiger partial charge is 0.353 e. The summed E-state index contributed by atoms with van der Waals surface area (Å²) in [6.45, 7) is 0.842. The van der Waals surface area contributed by atoms with Crippen LogP contribution in [0.5, 0.6) is 0 Å². The molecular weight excluding hydrogens is 316 g/mol. The van der Waals surface area contributed by atoms with Crippen LogP contribution >= 0.6 is 11.6 Å². The predicted molar refractivity (Wildman–Crippen MR) is 102 cm³/mol. The van der Waals surface area contributed by atoms with E-state index in [-0.39, 0.29) is 0 Å². The lowest BCUT2D eigenvalue weighted by atomic mass is 10.1. The summed E-state index contributed by atoms with van der Waals surface area (Å²) in [5, 5.41) is 4.43. The molecule has 2 aromatic heterocycles. The predicted octanol–water partition coefficient (Wildman–Crippen LogP) is 5.98. The molecule has 3 aromatic carbocycles. The molecule has 0 aliphatic carbocycles. The monoisotopic (exact) mass is 330 g/mol. The second-order valence-electron chi connectivity index (χ2n) is 6.14. The fourth-order valence-electron chi connectivity index (χ4n) is 3.57. The van der Waals surface area contributed by atoms with Gasteiger partial charge in [0.25, 0.3) is 0 Å². The molecule has 0 unspecified atom stereocenters. The summed E-state index contributed by atoms with van der Waals surface area (Å²) in [4.78, 5) is 3.46. The third-order valence-corrected chi connectivity index (χ3v) is 4.98. The zero-order chi connectivity index (χ0) is 16.1. The molecule has 0 fully saturated rings. The summed E-state index contributed by atoms with van der Waals surface area (Å²) in [5.41, 5.74) is 4.59. The SMILES string of the molecule is Clc1cc2c(ccn2Cc2ccccc2)c2c1[nH]c1ccccc12. The molecule has 0 spiro atoms. The van der Waals surface area contributed by atoms with Crippen molar-refractivity contribution in [3.63, 3.8) is 0 Å². The maximum Gasteiger partial charge on any atom is 0.0668 e. The van der Waals surface area contributed by atoms with Crippen molar-refractivity contribution >= 4 is 44.3 Å². The number of halogens is 1. The lowest BCUT2D eigenvalue weighted by Crippen LogP contribution is -1.97. The average molecular weight is 331 g/mol. The molecular formula is C21H15ClN2. The molecule has 2 nitrogen and oxygen atoms in total. The van der Waals surface area contributed by atoms with Crippen LogP contribution in [0.25, 0.3) is 32.7 Å². The van der Waals surface area contributed by atoms with Gasteiger partial charge in [0.05, 0.1) is 16.1 Å². The number of hydrogen-bond donors (Lipinski definition) is 1. The molecule has 3 heteroatoms. The molecule has 5 rings (SSSR count). The van der Waals surface area contributed by atoms with Crippen LogP contribution in [-0.4, -0.2) is 9.55 Å². The smallest absolute Gasteiger partial charge is 0.0668 e. The van der Waals surface area contributed by atoms with Gasteiger partial charge in [0.2, 0.25) is 0 Å². The van der Waals surface area contributed by atoms with Crippen molar-refractivity contribution in [2.45, 2.75) is 6.54 Å². The van der Waals surface area contributed by atoms with Gasteiger partial charge in [0, 0.05) is 34.4 Å². The molecule has 0 saturated carbocycles. The molecule has 0 amide bonds. The summed E-state index contributed by atoms with van der Waals surface area (Å²) in [7, 11) is 0. The van der Waals surface area contributed by atoms with Crippen LogP contribution < -0.4 is 0 Å². The summed E-state index contributed by atoms with van der Waals surface area (Å²) in [5.74, 6) is 0. The van der Waals surface area contributed by atoms with Gasteiger partial charge < -0.3 is 9.55 Å². The van der Waals surface area contributed by atoms with E-state index >= 15 is 0 Å². The molecule has 0 atom stereocenters. The number of aromatic nitrogens is 2. The molecule has 0 saturated heterocycles. The number of H-pyrrole nitrogens is 1. The van der Waals surface area contributed by atoms with Crippen molar-refractivity contribution in [1.82, 2.24) is 9.55 Å². The van der Waals surface area contributed by atoms with Crippen molar-refractivity contribution < 1.29 is 0 Å². The number of benzene rings is 3. The Bertz CT molecular complexity index is 1180. The van der Waals surface area contributed by atoms with Gasteiger partial charge in [-0.05, 0) is 23.8 Å². The first-order valence-electron chi connectivity index (χ1n) is 8.03. The fourth-order valence-corrected chi connectivity index (χ4v) is 3.81. The molecule has 2 heterocycles. The van der Waals surface area contributed by atoms with Crippen LogP contribution in [-0.2, 0) is 6.54 Å². The maximum atomic E-state index is 6.59. The van der Waals surface area contributed by atoms with Gasteiger partial charge in [-0.1, -0.05) is 60.1 Å². The summed E-state index contributed by atoms with van der Waals surface area (Å²) in [6.07, 6.45) is 2.15. The highest BCUT2D eigenvalue weighted by atomic mass is 35.5. The van der Waals surface area contributed by atoms with E-state index in [0.717, 1.165) is 22.6 Å². The number of aromatic amines is 1. The van der Waals surface area contributed by atoms with E-state index in [0.29, 0.717) is 0 Å². The van der Waals surface area contributed by atoms with Crippen LogP contribution in [0, 0.1) is 0 Å². The molecule has 116 valence electrons. The molecule has 24 heavy (non-hydrogen) atoms. The molecule has 0 aliphatic rings. The Balaban J connectivity index is 1.81. The topological polar surface area (TPSA) is 20.7 Å². The van der Waals surface area contributed by atoms with E-state index < -0.39 is 0 Å². The van der Waals surface area contributed by atoms with Crippen molar-refractivity contribution in [1.29, 1.82) is 0 Å². The van der Waals surface area contributed by atoms with Crippen LogP contribution in [0.1, 0.15) is 5.56 Å². The summed E-state index contributed by atoms with van der Waals surface area (Å²) >= 11 is 6.59. The van der Waals surface area contributed by atoms with E-state index in [9.17, 15) is 0 Å². The highest BCUT2D eigenvalue weighted by Crippen LogP contribution is 2.37. The zero-order valence-corrected chi connectivity index (χ0v) is 13.7. The molecule has 0 bridgehead atoms. The Morgan fingerprint density at radius 2 is 1.67 bits per heavy atom. The van der Waals surface area contributed by atoms with Crippen LogP contribution in [0.3, 0.4) is 0 Å². The minimum atomic E-state index is 0.765. The van der Waals surface area contributed by atoms with Crippen molar-refractivity contribution in [3.8, 4) is 0 Å². The highest BCUT2D eigenvalue weighted by molar-refractivity contribution is 6.39. The van der Waals surface area contributed by atoms with Gasteiger partial charge in [-0.2, -0.15) is 0 Å². The van der Waals surface area contributed by atoms with Crippen molar-refractivity contribution in [3.05, 3.63) is 83.5 Å². The third-order valence-electron chi connectivity index (χ3n) is 4.68. The quantitative estimate of drug-likeness (QED) is 0.411. The van der Waals surface area contributed by atoms with Gasteiger partial charge in [0.15, 0.2) is 0 Å². The molecule has 5 aromatic rings. The Kier molecular flexibility index (Phi) is 2.94. The van der Waals surface area contributed by atoms with Gasteiger partial charge in [-0.3, -0.25) is 0 Å². The van der Waals surface area contributed by atoms with Crippen LogP contribution in [0.4, 0.5) is 0 Å². The number of nitrogens with one attached hydrogen (secondary N) is 1. The number of para-hydroxylation sites is 1. The maximum absolute atomic E-state index is 6.59. The Hall–Kier alpha value is -2.71. The number of nitrogens with zero attached hydrogens (tertiary/aromatic N) is 1. The Morgan fingerprint density at radius 1 is 0.875 bits per heavy atom.